The summed E-state index contributed by atoms with van der Waals surface area (Å²) in [5.74, 6) is 2.21. The van der Waals surface area contributed by atoms with E-state index < -0.39 is 12.1 Å². The molecule has 0 spiro atoms. The molecule has 4 atom stereocenters. The highest BCUT2D eigenvalue weighted by atomic mass is 127. The molecule has 4 heterocycles. The number of aryl methyl sites for hydroxylation is 2. The Morgan fingerprint density at radius 3 is 2.37 bits per heavy atom. The normalized spacial score (nSPS) is 17.9. The van der Waals surface area contributed by atoms with Crippen LogP contribution in [0.4, 0.5) is 0 Å². The molecule has 1 aliphatic carbocycles. The molecule has 2 aromatic carbocycles. The minimum Gasteiger partial charge on any atom is -0.491 e. The smallest absolute Gasteiger partial charge is 0.245 e. The van der Waals surface area contributed by atoms with Crippen LogP contribution in [0.2, 0.25) is 5.02 Å². The maximum absolute atomic E-state index is 14.2. The molecule has 0 bridgehead atoms. The van der Waals surface area contributed by atoms with Crippen LogP contribution < -0.4 is 20.7 Å². The molecule has 3 amide bonds. The number of nitrogens with one attached hydrogen (secondary N) is 3. The lowest BCUT2D eigenvalue weighted by Crippen LogP contribution is -2.57. The molecule has 2 aliphatic heterocycles. The maximum atomic E-state index is 14.2. The molecule has 1 unspecified atom stereocenters. The standard InChI is InChI=1S/C52H71ClIN9O6S/c1-34-36(3)70-52-46(34)47(40-15-17-41(53)18-16-40)57-44(49-60-59-37(4)63(49)52)32-45(64)56-23-27-67-28-29-68-30-31-69-43-19-13-38(14-20-43)21-25-61(26-22-54)33-42-12-9-24-62(42)51(66)48(39-10-7-6-8-11-39)58-50(65)35(2)55-5/h13-20,35,39,42,44,48,55H,6-12,21-33H2,1-5H3,(H,56,64)(H,58,65)/t35-,42?,44-,48-/m0/s1. The highest BCUT2D eigenvalue weighted by Gasteiger charge is 2.39. The predicted octanol–water partition coefficient (Wildman–Crippen LogP) is 7.36. The van der Waals surface area contributed by atoms with Crippen molar-refractivity contribution < 1.29 is 28.6 Å². The Bertz CT molecular complexity index is 2370. The van der Waals surface area contributed by atoms with E-state index in [1.165, 1.54) is 16.9 Å². The molecule has 4 aromatic rings. The first kappa shape index (κ1) is 53.8. The molecule has 3 aliphatic rings. The van der Waals surface area contributed by atoms with Gasteiger partial charge >= 0.3 is 0 Å². The van der Waals surface area contributed by atoms with Gasteiger partial charge in [-0.25, -0.2) is 0 Å². The molecule has 15 nitrogen and oxygen atoms in total. The first-order valence-corrected chi connectivity index (χ1v) is 27.7. The summed E-state index contributed by atoms with van der Waals surface area (Å²) in [6.45, 7) is 13.8. The van der Waals surface area contributed by atoms with E-state index in [1.807, 2.05) is 54.8 Å². The van der Waals surface area contributed by atoms with Crippen molar-refractivity contribution in [1.29, 1.82) is 0 Å². The third-order valence-corrected chi connectivity index (χ3v) is 15.8. The van der Waals surface area contributed by atoms with Gasteiger partial charge in [-0.2, -0.15) is 0 Å². The molecule has 3 N–H and O–H groups in total. The van der Waals surface area contributed by atoms with Gasteiger partial charge in [0.15, 0.2) is 5.82 Å². The number of thiophene rings is 1. The maximum Gasteiger partial charge on any atom is 0.245 e. The monoisotopic (exact) mass is 1110 g/mol. The molecule has 380 valence electrons. The van der Waals surface area contributed by atoms with E-state index in [1.54, 1.807) is 18.4 Å². The van der Waals surface area contributed by atoms with Crippen LogP contribution in [0.3, 0.4) is 0 Å². The summed E-state index contributed by atoms with van der Waals surface area (Å²) >= 11 is 10.4. The fourth-order valence-electron chi connectivity index (χ4n) is 9.69. The second kappa shape index (κ2) is 26.6. The number of rotatable bonds is 25. The molecule has 70 heavy (non-hydrogen) atoms. The summed E-state index contributed by atoms with van der Waals surface area (Å²) < 4.78 is 20.5. The SMILES string of the molecule is CN[C@@H](C)C(=O)N[C@H](C(=O)N1CCCC1CN(CCI)CCc1ccc(OCCOCCOCCNC(=O)C[C@@H]2N=C(c3ccc(Cl)cc3)c3c(sc(C)c3C)-n3c(C)nnc32)cc1)C1CCCCC1. The van der Waals surface area contributed by atoms with E-state index in [4.69, 9.17) is 30.8 Å². The van der Waals surface area contributed by atoms with Gasteiger partial charge in [0, 0.05) is 64.2 Å². The summed E-state index contributed by atoms with van der Waals surface area (Å²) in [6.07, 6.45) is 8.38. The van der Waals surface area contributed by atoms with E-state index in [2.05, 4.69) is 84.5 Å². The van der Waals surface area contributed by atoms with Crippen molar-refractivity contribution in [3.8, 4) is 10.8 Å². The van der Waals surface area contributed by atoms with Crippen molar-refractivity contribution in [1.82, 2.24) is 40.5 Å². The average molecular weight is 1110 g/mol. The number of likely N-dealkylation sites (N-methyl/N-ethyl adjacent to an activating group) is 1. The van der Waals surface area contributed by atoms with Crippen LogP contribution >= 0.6 is 45.5 Å². The van der Waals surface area contributed by atoms with Crippen molar-refractivity contribution in [2.75, 3.05) is 77.2 Å². The van der Waals surface area contributed by atoms with Crippen molar-refractivity contribution in [3.63, 3.8) is 0 Å². The average Bonchev–Trinajstić information content (AvgIpc) is 4.05. The Kier molecular flexibility index (Phi) is 20.5. The first-order valence-electron chi connectivity index (χ1n) is 25.0. The number of carbonyl (C=O) groups is 3. The topological polar surface area (TPSA) is 165 Å². The molecular weight excluding hydrogens is 1040 g/mol. The predicted molar refractivity (Wildman–Crippen MR) is 285 cm³/mol. The van der Waals surface area contributed by atoms with Crippen molar-refractivity contribution in [2.45, 2.75) is 110 Å². The summed E-state index contributed by atoms with van der Waals surface area (Å²) in [7, 11) is 1.78. The molecule has 1 saturated heterocycles. The largest absolute Gasteiger partial charge is 0.491 e. The molecule has 18 heteroatoms. The summed E-state index contributed by atoms with van der Waals surface area (Å²) in [6, 6.07) is 14.7. The van der Waals surface area contributed by atoms with Gasteiger partial charge in [0.2, 0.25) is 17.7 Å². The number of likely N-dealkylation sites (tertiary alicyclic amines) is 1. The van der Waals surface area contributed by atoms with Crippen molar-refractivity contribution in [2.24, 2.45) is 10.9 Å². The lowest BCUT2D eigenvalue weighted by molar-refractivity contribution is -0.139. The number of fused-ring (bicyclic) bond motifs is 3. The Morgan fingerprint density at radius 1 is 0.914 bits per heavy atom. The summed E-state index contributed by atoms with van der Waals surface area (Å²) in [4.78, 5) is 51.5. The quantitative estimate of drug-likeness (QED) is 0.0347. The zero-order chi connectivity index (χ0) is 49.6. The summed E-state index contributed by atoms with van der Waals surface area (Å²) in [5.41, 5.74) is 5.13. The zero-order valence-electron chi connectivity index (χ0n) is 41.4. The fourth-order valence-corrected chi connectivity index (χ4v) is 11.7. The second-order valence-corrected chi connectivity index (χ2v) is 21.4. The lowest BCUT2D eigenvalue weighted by Gasteiger charge is -2.37. The van der Waals surface area contributed by atoms with E-state index in [0.717, 1.165) is 115 Å². The minimum absolute atomic E-state index is 0.0992. The van der Waals surface area contributed by atoms with Crippen LogP contribution in [0.1, 0.15) is 103 Å². The van der Waals surface area contributed by atoms with E-state index in [9.17, 15) is 14.4 Å². The number of halogens is 2. The molecule has 2 fully saturated rings. The van der Waals surface area contributed by atoms with Crippen LogP contribution in [-0.2, 0) is 30.3 Å². The van der Waals surface area contributed by atoms with Gasteiger partial charge < -0.3 is 40.0 Å². The third-order valence-electron chi connectivity index (χ3n) is 13.9. The number of carbonyl (C=O) groups excluding carboxylic acids is 3. The lowest BCUT2D eigenvalue weighted by atomic mass is 9.83. The number of alkyl halides is 1. The van der Waals surface area contributed by atoms with Crippen molar-refractivity contribution >= 4 is 69.0 Å². The van der Waals surface area contributed by atoms with Gasteiger partial charge in [-0.1, -0.05) is 77.7 Å². The Balaban J connectivity index is 0.791. The molecule has 0 radical (unpaired) electrons. The van der Waals surface area contributed by atoms with Gasteiger partial charge in [0.25, 0.3) is 0 Å². The highest BCUT2D eigenvalue weighted by molar-refractivity contribution is 14.1. The number of amides is 3. The molecule has 7 rings (SSSR count). The number of hydrogen-bond acceptors (Lipinski definition) is 12. The Morgan fingerprint density at radius 2 is 1.64 bits per heavy atom. The van der Waals surface area contributed by atoms with Crippen LogP contribution in [0.15, 0.2) is 53.5 Å². The molecule has 2 aromatic heterocycles. The molecular formula is C52H71ClIN9O6S. The van der Waals surface area contributed by atoms with Crippen LogP contribution in [-0.4, -0.2) is 143 Å². The van der Waals surface area contributed by atoms with E-state index in [-0.39, 0.29) is 42.1 Å². The number of ether oxygens (including phenoxy) is 3. The summed E-state index contributed by atoms with van der Waals surface area (Å²) in [5, 5.41) is 19.7. The van der Waals surface area contributed by atoms with Gasteiger partial charge in [0.1, 0.15) is 35.3 Å². The van der Waals surface area contributed by atoms with Crippen LogP contribution in [0.25, 0.3) is 5.00 Å². The number of hydrogen-bond donors (Lipinski definition) is 3. The van der Waals surface area contributed by atoms with E-state index in [0.29, 0.717) is 50.4 Å². The number of aliphatic imine (C=N–C) groups is 1. The fraction of sp³-hybridized carbons (Fsp3) is 0.577. The number of benzene rings is 2. The van der Waals surface area contributed by atoms with Gasteiger partial charge in [-0.3, -0.25) is 23.9 Å². The molecule has 1 saturated carbocycles. The van der Waals surface area contributed by atoms with Crippen LogP contribution in [0, 0.1) is 26.7 Å². The Hall–Kier alpha value is -3.98. The number of nitrogens with zero attached hydrogens (tertiary/aromatic N) is 6. The zero-order valence-corrected chi connectivity index (χ0v) is 45.2. The highest BCUT2D eigenvalue weighted by Crippen LogP contribution is 2.40. The second-order valence-electron chi connectivity index (χ2n) is 18.6. The number of aromatic nitrogens is 3. The third kappa shape index (κ3) is 14.2. The van der Waals surface area contributed by atoms with Crippen molar-refractivity contribution in [3.05, 3.63) is 92.3 Å². The van der Waals surface area contributed by atoms with E-state index >= 15 is 0 Å². The van der Waals surface area contributed by atoms with Gasteiger partial charge in [-0.15, -0.1) is 21.5 Å². The van der Waals surface area contributed by atoms with Gasteiger partial charge in [0.05, 0.1) is 44.6 Å². The van der Waals surface area contributed by atoms with Crippen LogP contribution in [0.5, 0.6) is 5.75 Å². The minimum atomic E-state index is -0.540. The first-order chi connectivity index (χ1) is 33.9. The van der Waals surface area contributed by atoms with Gasteiger partial charge in [-0.05, 0) is 108 Å². The Labute approximate surface area is 436 Å².